The molecule has 0 radical (unpaired) electrons. The molecule has 0 amide bonds. The van der Waals surface area contributed by atoms with Crippen LogP contribution in [-0.2, 0) is 22.0 Å². The maximum absolute atomic E-state index is 13.7. The fourth-order valence-corrected chi connectivity index (χ4v) is 4.91. The first-order valence-corrected chi connectivity index (χ1v) is 11.4. The van der Waals surface area contributed by atoms with E-state index >= 15 is 0 Å². The number of morpholine rings is 1. The Labute approximate surface area is 203 Å². The van der Waals surface area contributed by atoms with Gasteiger partial charge in [-0.1, -0.05) is 30.3 Å². The van der Waals surface area contributed by atoms with Gasteiger partial charge in [-0.3, -0.25) is 4.90 Å². The number of pyridine rings is 1. The van der Waals surface area contributed by atoms with E-state index in [1.165, 1.54) is 12.1 Å². The second kappa shape index (κ2) is 8.91. The van der Waals surface area contributed by atoms with Crippen molar-refractivity contribution in [1.29, 1.82) is 0 Å². The van der Waals surface area contributed by atoms with Crippen LogP contribution in [0.3, 0.4) is 0 Å². The number of benzene rings is 2. The highest BCUT2D eigenvalue weighted by atomic mass is 19.4. The predicted molar refractivity (Wildman–Crippen MR) is 121 cm³/mol. The van der Waals surface area contributed by atoms with Crippen molar-refractivity contribution >= 4 is 16.7 Å². The van der Waals surface area contributed by atoms with E-state index in [1.807, 2.05) is 13.0 Å². The molecule has 0 saturated carbocycles. The van der Waals surface area contributed by atoms with Crippen molar-refractivity contribution in [3.63, 3.8) is 0 Å². The second-order valence-corrected chi connectivity index (χ2v) is 9.02. The zero-order valence-corrected chi connectivity index (χ0v) is 19.2. The fraction of sp³-hybridized carbons (Fsp3) is 0.400. The molecule has 1 fully saturated rings. The molecule has 0 spiro atoms. The Bertz CT molecular complexity index is 1280. The Balaban J connectivity index is 1.46. The maximum Gasteiger partial charge on any atom is 0.458 e. The van der Waals surface area contributed by atoms with Gasteiger partial charge >= 0.3 is 12.1 Å². The van der Waals surface area contributed by atoms with Gasteiger partial charge in [-0.2, -0.15) is 22.0 Å². The van der Waals surface area contributed by atoms with Gasteiger partial charge in [-0.25, -0.2) is 4.98 Å². The lowest BCUT2D eigenvalue weighted by Crippen LogP contribution is -2.42. The second-order valence-electron chi connectivity index (χ2n) is 9.02. The highest BCUT2D eigenvalue weighted by Crippen LogP contribution is 2.44. The molecule has 3 aromatic rings. The molecule has 0 aliphatic carbocycles. The lowest BCUT2D eigenvalue weighted by Gasteiger charge is -2.39. The number of fused-ring (bicyclic) bond motifs is 3. The van der Waals surface area contributed by atoms with Gasteiger partial charge < -0.3 is 20.3 Å². The number of hydrogen-bond donors (Lipinski definition) is 2. The number of halogens is 5. The minimum absolute atomic E-state index is 0.137. The molecule has 1 unspecified atom stereocenters. The average molecular weight is 509 g/mol. The van der Waals surface area contributed by atoms with Gasteiger partial charge in [0.25, 0.3) is 0 Å². The van der Waals surface area contributed by atoms with Crippen LogP contribution in [0.5, 0.6) is 0 Å². The van der Waals surface area contributed by atoms with Gasteiger partial charge in [-0.05, 0) is 35.7 Å². The quantitative estimate of drug-likeness (QED) is 0.475. The normalized spacial score (nSPS) is 22.1. The third-order valence-corrected chi connectivity index (χ3v) is 6.87. The van der Waals surface area contributed by atoms with Crippen LogP contribution in [0.15, 0.2) is 42.5 Å². The minimum atomic E-state index is -5.69. The molecule has 11 heteroatoms. The Hall–Kier alpha value is -2.86. The van der Waals surface area contributed by atoms with Gasteiger partial charge in [0.2, 0.25) is 0 Å². The van der Waals surface area contributed by atoms with E-state index in [0.29, 0.717) is 42.2 Å². The largest absolute Gasteiger partial charge is 0.458 e. The number of aromatic nitrogens is 1. The Morgan fingerprint density at radius 3 is 2.53 bits per heavy atom. The molecule has 192 valence electrons. The van der Waals surface area contributed by atoms with Crippen LogP contribution < -0.4 is 5.73 Å². The summed E-state index contributed by atoms with van der Waals surface area (Å²) in [7, 11) is 0. The first-order chi connectivity index (χ1) is 17.0. The van der Waals surface area contributed by atoms with Crippen LogP contribution in [0, 0.1) is 0 Å². The summed E-state index contributed by atoms with van der Waals surface area (Å²) in [6.07, 6.45) is -6.97. The predicted octanol–water partition coefficient (Wildman–Crippen LogP) is 5.13. The summed E-state index contributed by atoms with van der Waals surface area (Å²) in [5.41, 5.74) is 8.41. The summed E-state index contributed by atoms with van der Waals surface area (Å²) in [5.74, 6) is -4.55. The van der Waals surface area contributed by atoms with Crippen LogP contribution in [0.1, 0.15) is 53.1 Å². The van der Waals surface area contributed by atoms with E-state index in [-0.39, 0.29) is 12.7 Å². The highest BCUT2D eigenvalue weighted by Gasteiger charge is 2.58. The molecular weight excluding hydrogens is 485 g/mol. The molecule has 2 aliphatic heterocycles. The summed E-state index contributed by atoms with van der Waals surface area (Å²) in [6, 6.07) is 8.71. The molecule has 3 atom stereocenters. The molecule has 3 N–H and O–H groups in total. The van der Waals surface area contributed by atoms with Gasteiger partial charge in [0.1, 0.15) is 12.0 Å². The van der Waals surface area contributed by atoms with Crippen molar-refractivity contribution < 1.29 is 36.5 Å². The molecule has 0 bridgehead atoms. The number of nitrogens with zero attached hydrogens (tertiary/aromatic N) is 2. The van der Waals surface area contributed by atoms with Crippen LogP contribution >= 0.6 is 0 Å². The maximum atomic E-state index is 13.7. The number of nitrogens with two attached hydrogens (primary N) is 1. The summed E-state index contributed by atoms with van der Waals surface area (Å²) >= 11 is 0. The topological polar surface area (TPSA) is 80.8 Å². The fourth-order valence-electron chi connectivity index (χ4n) is 4.91. The van der Waals surface area contributed by atoms with Crippen LogP contribution in [0.25, 0.3) is 10.9 Å². The van der Waals surface area contributed by atoms with Gasteiger partial charge in [0, 0.05) is 23.1 Å². The average Bonchev–Trinajstić information content (AvgIpc) is 3.25. The summed E-state index contributed by atoms with van der Waals surface area (Å²) in [6.45, 7) is 3.04. The molecule has 3 heterocycles. The number of anilines is 1. The lowest BCUT2D eigenvalue weighted by atomic mass is 9.97. The molecule has 5 rings (SSSR count). The number of aliphatic hydroxyl groups is 1. The van der Waals surface area contributed by atoms with Crippen molar-refractivity contribution in [3.8, 4) is 0 Å². The van der Waals surface area contributed by atoms with Gasteiger partial charge in [-0.15, -0.1) is 0 Å². The van der Waals surface area contributed by atoms with E-state index in [9.17, 15) is 27.1 Å². The smallest absolute Gasteiger partial charge is 0.383 e. The number of rotatable bonds is 4. The van der Waals surface area contributed by atoms with Gasteiger partial charge in [0.05, 0.1) is 37.5 Å². The van der Waals surface area contributed by atoms with Crippen molar-refractivity contribution in [1.82, 2.24) is 9.88 Å². The minimum Gasteiger partial charge on any atom is -0.383 e. The number of hydrogen-bond acceptors (Lipinski definition) is 6. The number of ether oxygens (including phenoxy) is 2. The monoisotopic (exact) mass is 509 g/mol. The lowest BCUT2D eigenvalue weighted by molar-refractivity contribution is -0.289. The zero-order chi connectivity index (χ0) is 25.8. The molecule has 2 aliphatic rings. The summed E-state index contributed by atoms with van der Waals surface area (Å²) in [5, 5.41) is 12.1. The first kappa shape index (κ1) is 24.8. The number of nitrogen functional groups attached to an aromatic ring is 1. The highest BCUT2D eigenvalue weighted by molar-refractivity contribution is 5.87. The third kappa shape index (κ3) is 4.09. The Morgan fingerprint density at radius 2 is 1.83 bits per heavy atom. The van der Waals surface area contributed by atoms with E-state index in [4.69, 9.17) is 15.2 Å². The first-order valence-electron chi connectivity index (χ1n) is 11.4. The molecule has 2 aromatic carbocycles. The molecule has 1 saturated heterocycles. The van der Waals surface area contributed by atoms with Crippen LogP contribution in [-0.4, -0.2) is 40.9 Å². The Morgan fingerprint density at radius 1 is 1.11 bits per heavy atom. The molecule has 36 heavy (non-hydrogen) atoms. The SMILES string of the molecule is C[C@H]1OCc2c1c(N)nc1ccc(C(O)N3CCOC[C@@H]3c3ccc(C(F)(F)C(F)(F)F)cc3)cc21. The van der Waals surface area contributed by atoms with Crippen molar-refractivity contribution in [3.05, 3.63) is 70.3 Å². The van der Waals surface area contributed by atoms with E-state index in [0.717, 1.165) is 28.6 Å². The summed E-state index contributed by atoms with van der Waals surface area (Å²) < 4.78 is 76.9. The molecular formula is C25H24F5N3O3. The van der Waals surface area contributed by atoms with E-state index in [1.54, 1.807) is 17.0 Å². The number of aliphatic hydroxyl groups excluding tert-OH is 1. The van der Waals surface area contributed by atoms with Gasteiger partial charge in [0.15, 0.2) is 0 Å². The van der Waals surface area contributed by atoms with Crippen molar-refractivity contribution in [2.75, 3.05) is 25.5 Å². The van der Waals surface area contributed by atoms with Crippen LogP contribution in [0.2, 0.25) is 0 Å². The van der Waals surface area contributed by atoms with E-state index < -0.39 is 29.9 Å². The standard InChI is InChI=1S/C25H24F5N3O3/c1-13-21-18(11-36-13)17-10-15(4-7-19(17)32-22(21)31)23(34)33-8-9-35-12-20(33)14-2-5-16(6-3-14)24(26,27)25(28,29)30/h2-7,10,13,20,23,34H,8-9,11-12H2,1H3,(H2,31,32)/t13-,20-,23?/m1/s1. The molecule has 6 nitrogen and oxygen atoms in total. The third-order valence-electron chi connectivity index (χ3n) is 6.87. The summed E-state index contributed by atoms with van der Waals surface area (Å²) in [4.78, 5) is 6.19. The Kier molecular flexibility index (Phi) is 6.14. The van der Waals surface area contributed by atoms with Crippen molar-refractivity contribution in [2.45, 2.75) is 44.0 Å². The van der Waals surface area contributed by atoms with E-state index in [2.05, 4.69) is 4.98 Å². The van der Waals surface area contributed by atoms with Crippen LogP contribution in [0.4, 0.5) is 27.8 Å². The van der Waals surface area contributed by atoms with Crippen molar-refractivity contribution in [2.24, 2.45) is 0 Å². The zero-order valence-electron chi connectivity index (χ0n) is 19.2. The number of alkyl halides is 5. The molecule has 1 aromatic heterocycles.